The Morgan fingerprint density at radius 2 is 1.88 bits per heavy atom. The molecule has 6 atom stereocenters. The first-order valence-electron chi connectivity index (χ1n) is 9.90. The molecule has 2 aromatic heterocycles. The summed E-state index contributed by atoms with van der Waals surface area (Å²) in [5, 5.41) is 29.9. The van der Waals surface area contributed by atoms with Gasteiger partial charge >= 0.3 is 0 Å². The highest BCUT2D eigenvalue weighted by molar-refractivity contribution is 9.10. The number of aliphatic hydroxyl groups excluding tert-OH is 2. The van der Waals surface area contributed by atoms with Crippen LogP contribution in [0.5, 0.6) is 0 Å². The minimum Gasteiger partial charge on any atom is -0.388 e. The van der Waals surface area contributed by atoms with Gasteiger partial charge < -0.3 is 19.7 Å². The van der Waals surface area contributed by atoms with Crippen molar-refractivity contribution < 1.29 is 32.9 Å². The number of aromatic nitrogens is 4. The fourth-order valence-electron chi connectivity index (χ4n) is 3.94. The molecule has 0 bridgehead atoms. The van der Waals surface area contributed by atoms with Crippen LogP contribution in [0.4, 0.5) is 13.2 Å². The summed E-state index contributed by atoms with van der Waals surface area (Å²) in [6.45, 7) is -0.0195. The van der Waals surface area contributed by atoms with Crippen molar-refractivity contribution in [2.24, 2.45) is 0 Å². The van der Waals surface area contributed by atoms with E-state index in [1.807, 2.05) is 0 Å². The molecule has 2 aliphatic heterocycles. The number of thioether (sulfide) groups is 1. The van der Waals surface area contributed by atoms with E-state index in [4.69, 9.17) is 21.1 Å². The van der Waals surface area contributed by atoms with Gasteiger partial charge in [-0.2, -0.15) is 0 Å². The Labute approximate surface area is 208 Å². The second-order valence-corrected chi connectivity index (χ2v) is 10.0. The summed E-state index contributed by atoms with van der Waals surface area (Å²) >= 11 is 10.5. The lowest BCUT2D eigenvalue weighted by Crippen LogP contribution is -2.54. The van der Waals surface area contributed by atoms with Gasteiger partial charge in [-0.25, -0.2) is 22.8 Å². The number of rotatable bonds is 4. The molecule has 2 fully saturated rings. The van der Waals surface area contributed by atoms with E-state index in [1.165, 1.54) is 17.1 Å². The molecule has 180 valence electrons. The molecule has 2 aliphatic rings. The largest absolute Gasteiger partial charge is 0.388 e. The lowest BCUT2D eigenvalue weighted by Gasteiger charge is -2.41. The molecule has 2 saturated heterocycles. The Morgan fingerprint density at radius 1 is 1.15 bits per heavy atom. The van der Waals surface area contributed by atoms with Crippen LogP contribution in [0, 0.1) is 17.5 Å². The van der Waals surface area contributed by atoms with E-state index in [9.17, 15) is 23.4 Å². The van der Waals surface area contributed by atoms with Crippen molar-refractivity contribution >= 4 is 39.3 Å². The summed E-state index contributed by atoms with van der Waals surface area (Å²) in [7, 11) is 0. The third-order valence-electron chi connectivity index (χ3n) is 5.53. The highest BCUT2D eigenvalue weighted by Gasteiger charge is 2.53. The highest BCUT2D eigenvalue weighted by atomic mass is 79.9. The molecule has 0 radical (unpaired) electrons. The predicted octanol–water partition coefficient (Wildman–Crippen LogP) is 3.35. The van der Waals surface area contributed by atoms with E-state index in [1.54, 1.807) is 6.07 Å². The third-order valence-corrected chi connectivity index (χ3v) is 7.82. The first-order valence-corrected chi connectivity index (χ1v) is 12.0. The van der Waals surface area contributed by atoms with E-state index >= 15 is 0 Å². The van der Waals surface area contributed by atoms with Gasteiger partial charge in [0.15, 0.2) is 17.5 Å². The van der Waals surface area contributed by atoms with Crippen molar-refractivity contribution in [3.05, 3.63) is 57.7 Å². The van der Waals surface area contributed by atoms with Crippen molar-refractivity contribution in [2.75, 3.05) is 6.61 Å². The van der Waals surface area contributed by atoms with E-state index in [-0.39, 0.29) is 17.9 Å². The van der Waals surface area contributed by atoms with E-state index < -0.39 is 53.3 Å². The molecule has 14 heteroatoms. The molecule has 5 rings (SSSR count). The molecule has 34 heavy (non-hydrogen) atoms. The molecule has 3 aromatic rings. The summed E-state index contributed by atoms with van der Waals surface area (Å²) in [5.41, 5.74) is -0.863. The van der Waals surface area contributed by atoms with Gasteiger partial charge in [-0.05, 0) is 34.1 Å². The normalized spacial score (nSPS) is 28.8. The van der Waals surface area contributed by atoms with Gasteiger partial charge in [0.05, 0.1) is 17.8 Å². The van der Waals surface area contributed by atoms with Crippen LogP contribution >= 0.6 is 39.3 Å². The van der Waals surface area contributed by atoms with Gasteiger partial charge in [0.25, 0.3) is 0 Å². The van der Waals surface area contributed by atoms with E-state index in [2.05, 4.69) is 31.2 Å². The van der Waals surface area contributed by atoms with E-state index in [0.717, 1.165) is 23.9 Å². The molecule has 1 aromatic carbocycles. The van der Waals surface area contributed by atoms with Crippen LogP contribution in [-0.2, 0) is 9.47 Å². The predicted molar refractivity (Wildman–Crippen MR) is 118 cm³/mol. The van der Waals surface area contributed by atoms with Gasteiger partial charge in [-0.3, -0.25) is 0 Å². The number of nitrogens with zero attached hydrogens (tertiary/aromatic N) is 4. The van der Waals surface area contributed by atoms with Crippen LogP contribution in [0.15, 0.2) is 40.1 Å². The number of benzene rings is 1. The van der Waals surface area contributed by atoms with Crippen LogP contribution in [0.2, 0.25) is 5.02 Å². The highest BCUT2D eigenvalue weighted by Crippen LogP contribution is 2.43. The number of ether oxygens (including phenoxy) is 2. The van der Waals surface area contributed by atoms with Gasteiger partial charge in [0, 0.05) is 16.7 Å². The molecular formula is C20H15BrClF3N4O4S. The second kappa shape index (κ2) is 9.37. The van der Waals surface area contributed by atoms with Crippen molar-refractivity contribution in [3.63, 3.8) is 0 Å². The Hall–Kier alpha value is -1.74. The topological polar surface area (TPSA) is 103 Å². The Kier molecular flexibility index (Phi) is 6.61. The summed E-state index contributed by atoms with van der Waals surface area (Å²) in [6.07, 6.45) is -0.913. The first-order chi connectivity index (χ1) is 16.2. The number of pyridine rings is 1. The number of hydrogen-bond acceptors (Lipinski definition) is 8. The summed E-state index contributed by atoms with van der Waals surface area (Å²) in [4.78, 5) is 4.72. The number of fused-ring (bicyclic) bond motifs is 1. The zero-order valence-electron chi connectivity index (χ0n) is 16.9. The molecule has 2 N–H and O–H groups in total. The SMILES string of the molecule is OC1CO[C@H]2C1O[C@H](Sc1cc(Cl)cnc1Br)C(O)C2n1cc(-c2cc(F)c(F)c(F)c2)nn1. The molecular weight excluding hydrogens is 565 g/mol. The molecule has 4 heterocycles. The van der Waals surface area contributed by atoms with Crippen molar-refractivity contribution in [1.29, 1.82) is 0 Å². The fourth-order valence-corrected chi connectivity index (χ4v) is 5.74. The monoisotopic (exact) mass is 578 g/mol. The molecule has 0 aliphatic carbocycles. The fraction of sp³-hybridized carbons (Fsp3) is 0.350. The Balaban J connectivity index is 1.48. The Bertz CT molecular complexity index is 1220. The molecule has 8 nitrogen and oxygen atoms in total. The maximum Gasteiger partial charge on any atom is 0.194 e. The maximum atomic E-state index is 13.7. The summed E-state index contributed by atoms with van der Waals surface area (Å²) in [5.74, 6) is -4.32. The van der Waals surface area contributed by atoms with Crippen molar-refractivity contribution in [3.8, 4) is 11.3 Å². The van der Waals surface area contributed by atoms with Crippen LogP contribution in [0.25, 0.3) is 11.3 Å². The van der Waals surface area contributed by atoms with Crippen molar-refractivity contribution in [1.82, 2.24) is 20.0 Å². The van der Waals surface area contributed by atoms with Gasteiger partial charge in [-0.1, -0.05) is 28.6 Å². The third kappa shape index (κ3) is 4.34. The van der Waals surface area contributed by atoms with Crippen LogP contribution in [0.3, 0.4) is 0 Å². The zero-order valence-corrected chi connectivity index (χ0v) is 20.0. The Morgan fingerprint density at radius 3 is 2.62 bits per heavy atom. The summed E-state index contributed by atoms with van der Waals surface area (Å²) < 4.78 is 54.1. The standard InChI is InChI=1S/C20H15BrClF3N4O4S/c21-19-13(3-8(22)4-26-19)34-20-16(31)15(18-17(33-20)12(30)6-32-18)29-5-11(27-28-29)7-1-9(23)14(25)10(24)2-7/h1-5,12,15-18,20,30-31H,6H2/t12?,15?,16?,17?,18-,20-/m1/s1. The number of aliphatic hydroxyl groups is 2. The second-order valence-electron chi connectivity index (χ2n) is 7.71. The average Bonchev–Trinajstić information content (AvgIpc) is 3.42. The van der Waals surface area contributed by atoms with Gasteiger partial charge in [0.1, 0.15) is 46.2 Å². The van der Waals surface area contributed by atoms with Crippen LogP contribution < -0.4 is 0 Å². The summed E-state index contributed by atoms with van der Waals surface area (Å²) in [6, 6.07) is 2.38. The number of halogens is 5. The van der Waals surface area contributed by atoms with E-state index in [0.29, 0.717) is 14.5 Å². The first kappa shape index (κ1) is 24.0. The minimum absolute atomic E-state index is 0.0195. The van der Waals surface area contributed by atoms with Crippen LogP contribution in [-0.4, -0.2) is 66.6 Å². The quantitative estimate of drug-likeness (QED) is 0.359. The van der Waals surface area contributed by atoms with Crippen molar-refractivity contribution in [2.45, 2.75) is 40.8 Å². The molecule has 0 saturated carbocycles. The smallest absolute Gasteiger partial charge is 0.194 e. The number of hydrogen-bond donors (Lipinski definition) is 2. The van der Waals surface area contributed by atoms with Crippen LogP contribution in [0.1, 0.15) is 6.04 Å². The van der Waals surface area contributed by atoms with Gasteiger partial charge in [-0.15, -0.1) is 5.10 Å². The minimum atomic E-state index is -1.59. The molecule has 0 spiro atoms. The maximum absolute atomic E-state index is 13.7. The lowest BCUT2D eigenvalue weighted by atomic mass is 9.96. The van der Waals surface area contributed by atoms with Gasteiger partial charge in [0.2, 0.25) is 0 Å². The molecule has 0 amide bonds. The zero-order chi connectivity index (χ0) is 24.1. The molecule has 4 unspecified atom stereocenters. The average molecular weight is 580 g/mol. The lowest BCUT2D eigenvalue weighted by molar-refractivity contribution is -0.161.